The molecule has 0 aliphatic carbocycles. The van der Waals surface area contributed by atoms with Gasteiger partial charge < -0.3 is 10.3 Å². The van der Waals surface area contributed by atoms with E-state index in [4.69, 9.17) is 0 Å². The Bertz CT molecular complexity index is 1170. The van der Waals surface area contributed by atoms with Crippen LogP contribution < -0.4 is 10.9 Å². The molecular weight excluding hydrogens is 370 g/mol. The lowest BCUT2D eigenvalue weighted by Gasteiger charge is -2.21. The number of anilines is 1. The zero-order valence-corrected chi connectivity index (χ0v) is 16.4. The Balaban J connectivity index is 1.80. The van der Waals surface area contributed by atoms with Crippen molar-refractivity contribution < 1.29 is 9.72 Å². The predicted molar refractivity (Wildman–Crippen MR) is 114 cm³/mol. The molecule has 0 unspecified atom stereocenters. The number of hydrogen-bond acceptors (Lipinski definition) is 4. The largest absolute Gasteiger partial charge is 0.322 e. The zero-order valence-electron chi connectivity index (χ0n) is 16.4. The first-order valence-electron chi connectivity index (χ1n) is 9.04. The standard InChI is InChI=1S/C22H21N3O4/c1-22(2,3)18-13-21(27)24-19-12-15(7-10-17(18)19)23-20(26)11-6-14-4-8-16(9-5-14)25(28)29/h4-13H,1-3H3,(H,23,26)(H,24,27)/b11-6-. The summed E-state index contributed by atoms with van der Waals surface area (Å²) in [6.45, 7) is 6.12. The second-order valence-electron chi connectivity index (χ2n) is 7.73. The predicted octanol–water partition coefficient (Wildman–Crippen LogP) is 4.39. The highest BCUT2D eigenvalue weighted by Crippen LogP contribution is 2.29. The number of fused-ring (bicyclic) bond motifs is 1. The van der Waals surface area contributed by atoms with Crippen molar-refractivity contribution in [3.05, 3.63) is 86.2 Å². The number of rotatable bonds is 4. The van der Waals surface area contributed by atoms with Crippen molar-refractivity contribution in [2.75, 3.05) is 5.32 Å². The number of pyridine rings is 1. The van der Waals surface area contributed by atoms with Gasteiger partial charge >= 0.3 is 0 Å². The molecule has 3 aromatic rings. The zero-order chi connectivity index (χ0) is 21.2. The molecule has 0 fully saturated rings. The van der Waals surface area contributed by atoms with Crippen LogP contribution in [0, 0.1) is 10.1 Å². The van der Waals surface area contributed by atoms with Crippen LogP contribution in [-0.4, -0.2) is 15.8 Å². The van der Waals surface area contributed by atoms with Crippen molar-refractivity contribution in [2.24, 2.45) is 0 Å². The minimum absolute atomic E-state index is 0.00798. The van der Waals surface area contributed by atoms with Gasteiger partial charge in [-0.2, -0.15) is 0 Å². The Morgan fingerprint density at radius 1 is 1.10 bits per heavy atom. The molecule has 0 atom stereocenters. The molecule has 0 bridgehead atoms. The molecule has 2 N–H and O–H groups in total. The fraction of sp³-hybridized carbons (Fsp3) is 0.182. The first kappa shape index (κ1) is 20.0. The molecule has 7 nitrogen and oxygen atoms in total. The number of nitro groups is 1. The van der Waals surface area contributed by atoms with Gasteiger partial charge in [-0.1, -0.05) is 26.8 Å². The van der Waals surface area contributed by atoms with Crippen LogP contribution in [0.4, 0.5) is 11.4 Å². The van der Waals surface area contributed by atoms with E-state index in [1.807, 2.05) is 26.8 Å². The van der Waals surface area contributed by atoms with Crippen molar-refractivity contribution in [2.45, 2.75) is 26.2 Å². The molecule has 29 heavy (non-hydrogen) atoms. The van der Waals surface area contributed by atoms with Crippen LogP contribution in [0.3, 0.4) is 0 Å². The average Bonchev–Trinajstić information content (AvgIpc) is 2.65. The third kappa shape index (κ3) is 4.76. The lowest BCUT2D eigenvalue weighted by Crippen LogP contribution is -2.17. The summed E-state index contributed by atoms with van der Waals surface area (Å²) in [7, 11) is 0. The molecule has 148 valence electrons. The van der Waals surface area contributed by atoms with Crippen LogP contribution in [0.25, 0.3) is 17.0 Å². The molecule has 0 spiro atoms. The molecule has 0 saturated carbocycles. The van der Waals surface area contributed by atoms with E-state index in [0.717, 1.165) is 10.9 Å². The third-order valence-electron chi connectivity index (χ3n) is 4.45. The Hall–Kier alpha value is -3.74. The summed E-state index contributed by atoms with van der Waals surface area (Å²) in [4.78, 5) is 37.2. The quantitative estimate of drug-likeness (QED) is 0.391. The number of amides is 1. The second kappa shape index (κ2) is 7.71. The second-order valence-corrected chi connectivity index (χ2v) is 7.73. The summed E-state index contributed by atoms with van der Waals surface area (Å²) in [6, 6.07) is 12.9. The first-order valence-corrected chi connectivity index (χ1v) is 9.04. The Morgan fingerprint density at radius 3 is 2.41 bits per heavy atom. The number of carbonyl (C=O) groups excluding carboxylic acids is 1. The molecule has 3 rings (SSSR count). The van der Waals surface area contributed by atoms with E-state index < -0.39 is 4.92 Å². The lowest BCUT2D eigenvalue weighted by atomic mass is 9.85. The maximum Gasteiger partial charge on any atom is 0.269 e. The topological polar surface area (TPSA) is 105 Å². The Morgan fingerprint density at radius 2 is 1.79 bits per heavy atom. The van der Waals surface area contributed by atoms with E-state index in [1.165, 1.54) is 18.2 Å². The van der Waals surface area contributed by atoms with E-state index in [0.29, 0.717) is 16.8 Å². The van der Waals surface area contributed by atoms with Crippen molar-refractivity contribution in [3.8, 4) is 0 Å². The highest BCUT2D eigenvalue weighted by atomic mass is 16.6. The van der Waals surface area contributed by atoms with Crippen LogP contribution >= 0.6 is 0 Å². The normalized spacial score (nSPS) is 11.7. The van der Waals surface area contributed by atoms with Gasteiger partial charge in [0.1, 0.15) is 0 Å². The van der Waals surface area contributed by atoms with Gasteiger partial charge in [0.2, 0.25) is 11.5 Å². The third-order valence-corrected chi connectivity index (χ3v) is 4.45. The highest BCUT2D eigenvalue weighted by molar-refractivity contribution is 6.03. The molecular formula is C22H21N3O4. The van der Waals surface area contributed by atoms with E-state index in [9.17, 15) is 19.7 Å². The molecule has 1 amide bonds. The van der Waals surface area contributed by atoms with Gasteiger partial charge in [-0.15, -0.1) is 0 Å². The van der Waals surface area contributed by atoms with Gasteiger partial charge in [-0.3, -0.25) is 19.7 Å². The van der Waals surface area contributed by atoms with Gasteiger partial charge in [0.25, 0.3) is 5.69 Å². The van der Waals surface area contributed by atoms with Crippen molar-refractivity contribution in [1.29, 1.82) is 0 Å². The minimum atomic E-state index is -0.477. The summed E-state index contributed by atoms with van der Waals surface area (Å²) in [5, 5.41) is 14.4. The molecule has 0 aliphatic rings. The fourth-order valence-electron chi connectivity index (χ4n) is 3.02. The maximum absolute atomic E-state index is 12.2. The van der Waals surface area contributed by atoms with Gasteiger partial charge in [0.05, 0.1) is 10.4 Å². The number of hydrogen-bond donors (Lipinski definition) is 2. The fourth-order valence-corrected chi connectivity index (χ4v) is 3.02. The summed E-state index contributed by atoms with van der Waals surface area (Å²) >= 11 is 0. The molecule has 0 radical (unpaired) electrons. The number of aromatic nitrogens is 1. The van der Waals surface area contributed by atoms with Gasteiger partial charge in [0, 0.05) is 35.3 Å². The van der Waals surface area contributed by atoms with Gasteiger partial charge in [-0.05, 0) is 46.9 Å². The molecule has 1 aromatic heterocycles. The highest BCUT2D eigenvalue weighted by Gasteiger charge is 2.18. The number of benzene rings is 2. The molecule has 0 saturated heterocycles. The lowest BCUT2D eigenvalue weighted by molar-refractivity contribution is -0.384. The SMILES string of the molecule is CC(C)(C)c1cc(=O)[nH]c2cc(NC(=O)/C=C\c3ccc([N+](=O)[O-])cc3)ccc12. The van der Waals surface area contributed by atoms with E-state index >= 15 is 0 Å². The average molecular weight is 391 g/mol. The monoisotopic (exact) mass is 391 g/mol. The summed E-state index contributed by atoms with van der Waals surface area (Å²) < 4.78 is 0. The Labute approximate surface area is 167 Å². The number of nitrogens with zero attached hydrogens (tertiary/aromatic N) is 1. The maximum atomic E-state index is 12.2. The van der Waals surface area contributed by atoms with Crippen molar-refractivity contribution in [1.82, 2.24) is 4.98 Å². The summed E-state index contributed by atoms with van der Waals surface area (Å²) in [5.74, 6) is -0.350. The van der Waals surface area contributed by atoms with Crippen LogP contribution in [0.2, 0.25) is 0 Å². The minimum Gasteiger partial charge on any atom is -0.322 e. The van der Waals surface area contributed by atoms with E-state index in [1.54, 1.807) is 36.4 Å². The molecule has 7 heteroatoms. The first-order chi connectivity index (χ1) is 13.6. The van der Waals surface area contributed by atoms with Gasteiger partial charge in [-0.25, -0.2) is 0 Å². The number of H-pyrrole nitrogens is 1. The molecule has 0 aliphatic heterocycles. The van der Waals surface area contributed by atoms with Crippen LogP contribution in [-0.2, 0) is 10.2 Å². The van der Waals surface area contributed by atoms with Crippen LogP contribution in [0.1, 0.15) is 31.9 Å². The van der Waals surface area contributed by atoms with E-state index in [-0.39, 0.29) is 22.6 Å². The molecule has 1 heterocycles. The number of nitrogens with one attached hydrogen (secondary N) is 2. The van der Waals surface area contributed by atoms with Gasteiger partial charge in [0.15, 0.2) is 0 Å². The summed E-state index contributed by atoms with van der Waals surface area (Å²) in [6.07, 6.45) is 2.92. The smallest absolute Gasteiger partial charge is 0.269 e. The summed E-state index contributed by atoms with van der Waals surface area (Å²) in [5.41, 5.74) is 2.42. The number of carbonyl (C=O) groups is 1. The van der Waals surface area contributed by atoms with Crippen molar-refractivity contribution >= 4 is 34.3 Å². The molecule has 2 aromatic carbocycles. The van der Waals surface area contributed by atoms with Crippen LogP contribution in [0.15, 0.2) is 59.4 Å². The number of non-ortho nitro benzene ring substituents is 1. The van der Waals surface area contributed by atoms with Crippen molar-refractivity contribution in [3.63, 3.8) is 0 Å². The number of aromatic amines is 1. The van der Waals surface area contributed by atoms with Crippen LogP contribution in [0.5, 0.6) is 0 Å². The number of nitro benzene ring substituents is 1. The Kier molecular flexibility index (Phi) is 5.32. The van der Waals surface area contributed by atoms with E-state index in [2.05, 4.69) is 10.3 Å².